The minimum Gasteiger partial charge on any atom is -0.397 e. The number of rotatable bonds is 2. The molecule has 0 spiro atoms. The lowest BCUT2D eigenvalue weighted by atomic mass is 10.2. The van der Waals surface area contributed by atoms with E-state index in [2.05, 4.69) is 5.32 Å². The van der Waals surface area contributed by atoms with Crippen LogP contribution in [0.2, 0.25) is 5.02 Å². The van der Waals surface area contributed by atoms with Crippen LogP contribution in [0.3, 0.4) is 0 Å². The Morgan fingerprint density at radius 2 is 1.78 bits per heavy atom. The molecule has 0 aromatic heterocycles. The van der Waals surface area contributed by atoms with Gasteiger partial charge in [0.25, 0.3) is 0 Å². The Labute approximate surface area is 108 Å². The highest BCUT2D eigenvalue weighted by atomic mass is 35.5. The number of hydrogen-bond donors (Lipinski definition) is 2. The van der Waals surface area contributed by atoms with Crippen molar-refractivity contribution in [3.63, 3.8) is 0 Å². The van der Waals surface area contributed by atoms with Crippen LogP contribution in [0.1, 0.15) is 5.56 Å². The highest BCUT2D eigenvalue weighted by Gasteiger charge is 2.09. The molecule has 0 aliphatic heterocycles. The molecule has 2 rings (SSSR count). The number of halogens is 3. The first kappa shape index (κ1) is 12.6. The molecular weight excluding hydrogens is 258 g/mol. The minimum absolute atomic E-state index is 0.0669. The lowest BCUT2D eigenvalue weighted by molar-refractivity contribution is 0.627. The van der Waals surface area contributed by atoms with Crippen molar-refractivity contribution in [2.45, 2.75) is 6.92 Å². The van der Waals surface area contributed by atoms with Crippen LogP contribution < -0.4 is 11.1 Å². The largest absolute Gasteiger partial charge is 0.397 e. The zero-order valence-corrected chi connectivity index (χ0v) is 10.4. The van der Waals surface area contributed by atoms with Gasteiger partial charge in [0, 0.05) is 6.07 Å². The van der Waals surface area contributed by atoms with Gasteiger partial charge >= 0.3 is 0 Å². The number of nitrogens with two attached hydrogens (primary N) is 1. The third kappa shape index (κ3) is 2.54. The predicted octanol–water partition coefficient (Wildman–Crippen LogP) is 4.25. The van der Waals surface area contributed by atoms with E-state index in [4.69, 9.17) is 17.3 Å². The number of hydrogen-bond acceptors (Lipinski definition) is 2. The quantitative estimate of drug-likeness (QED) is 0.799. The van der Waals surface area contributed by atoms with E-state index in [1.54, 1.807) is 12.1 Å². The fourth-order valence-corrected chi connectivity index (χ4v) is 1.72. The van der Waals surface area contributed by atoms with Gasteiger partial charge in [0.05, 0.1) is 22.1 Å². The molecule has 0 heterocycles. The topological polar surface area (TPSA) is 38.0 Å². The maximum absolute atomic E-state index is 13.5. The van der Waals surface area contributed by atoms with Crippen LogP contribution in [0.25, 0.3) is 0 Å². The zero-order valence-electron chi connectivity index (χ0n) is 9.60. The maximum Gasteiger partial charge on any atom is 0.146 e. The van der Waals surface area contributed by atoms with Crippen LogP contribution in [0.15, 0.2) is 30.3 Å². The third-order valence-corrected chi connectivity index (χ3v) is 2.77. The Morgan fingerprint density at radius 3 is 2.50 bits per heavy atom. The smallest absolute Gasteiger partial charge is 0.146 e. The van der Waals surface area contributed by atoms with Crippen molar-refractivity contribution < 1.29 is 8.78 Å². The second kappa shape index (κ2) is 4.82. The predicted molar refractivity (Wildman–Crippen MR) is 70.2 cm³/mol. The summed E-state index contributed by atoms with van der Waals surface area (Å²) < 4.78 is 26.9. The van der Waals surface area contributed by atoms with Gasteiger partial charge in [-0.3, -0.25) is 0 Å². The van der Waals surface area contributed by atoms with E-state index in [1.165, 1.54) is 12.1 Å². The molecule has 0 fully saturated rings. The molecule has 2 aromatic rings. The van der Waals surface area contributed by atoms with Crippen LogP contribution in [-0.2, 0) is 0 Å². The number of benzene rings is 2. The molecule has 0 bridgehead atoms. The molecule has 5 heteroatoms. The van der Waals surface area contributed by atoms with Crippen molar-refractivity contribution >= 4 is 28.7 Å². The van der Waals surface area contributed by atoms with Crippen LogP contribution in [0.4, 0.5) is 25.8 Å². The summed E-state index contributed by atoms with van der Waals surface area (Å²) in [4.78, 5) is 0. The Balaban J connectivity index is 2.40. The number of nitrogen functional groups attached to an aromatic ring is 1. The summed E-state index contributed by atoms with van der Waals surface area (Å²) in [6.45, 7) is 1.83. The number of anilines is 3. The van der Waals surface area contributed by atoms with E-state index in [0.717, 1.165) is 11.6 Å². The SMILES string of the molecule is Cc1ccc(F)c(Nc2cc(F)c(Cl)cc2N)c1. The first-order valence-electron chi connectivity index (χ1n) is 5.25. The van der Waals surface area contributed by atoms with Crippen LogP contribution >= 0.6 is 11.6 Å². The summed E-state index contributed by atoms with van der Waals surface area (Å²) in [7, 11) is 0. The molecule has 0 aliphatic rings. The summed E-state index contributed by atoms with van der Waals surface area (Å²) in [6.07, 6.45) is 0. The first-order chi connectivity index (χ1) is 8.47. The van der Waals surface area contributed by atoms with Crippen molar-refractivity contribution in [3.05, 3.63) is 52.6 Å². The van der Waals surface area contributed by atoms with Gasteiger partial charge in [-0.05, 0) is 30.7 Å². The Bertz CT molecular complexity index is 600. The zero-order chi connectivity index (χ0) is 13.3. The number of aryl methyl sites for hydroxylation is 1. The molecule has 2 nitrogen and oxygen atoms in total. The molecule has 18 heavy (non-hydrogen) atoms. The van der Waals surface area contributed by atoms with Gasteiger partial charge in [-0.1, -0.05) is 17.7 Å². The van der Waals surface area contributed by atoms with Crippen LogP contribution in [0, 0.1) is 18.6 Å². The molecule has 0 amide bonds. The molecule has 0 aliphatic carbocycles. The van der Waals surface area contributed by atoms with E-state index in [1.807, 2.05) is 6.92 Å². The van der Waals surface area contributed by atoms with E-state index in [9.17, 15) is 8.78 Å². The molecule has 2 aromatic carbocycles. The van der Waals surface area contributed by atoms with E-state index >= 15 is 0 Å². The van der Waals surface area contributed by atoms with E-state index in [-0.39, 0.29) is 22.1 Å². The fraction of sp³-hybridized carbons (Fsp3) is 0.0769. The van der Waals surface area contributed by atoms with Gasteiger partial charge in [-0.15, -0.1) is 0 Å². The average molecular weight is 269 g/mol. The molecule has 3 N–H and O–H groups in total. The second-order valence-electron chi connectivity index (χ2n) is 3.96. The second-order valence-corrected chi connectivity index (χ2v) is 4.37. The Morgan fingerprint density at radius 1 is 1.06 bits per heavy atom. The van der Waals surface area contributed by atoms with Crippen LogP contribution in [0.5, 0.6) is 0 Å². The van der Waals surface area contributed by atoms with Gasteiger partial charge in [0.1, 0.15) is 11.6 Å². The van der Waals surface area contributed by atoms with E-state index in [0.29, 0.717) is 0 Å². The summed E-state index contributed by atoms with van der Waals surface area (Å²) in [5.74, 6) is -1.04. The van der Waals surface area contributed by atoms with Gasteiger partial charge < -0.3 is 11.1 Å². The van der Waals surface area contributed by atoms with Crippen molar-refractivity contribution in [1.29, 1.82) is 0 Å². The maximum atomic E-state index is 13.5. The summed E-state index contributed by atoms with van der Waals surface area (Å²) >= 11 is 5.59. The third-order valence-electron chi connectivity index (χ3n) is 2.48. The lowest BCUT2D eigenvalue weighted by Gasteiger charge is -2.11. The van der Waals surface area contributed by atoms with Crippen molar-refractivity contribution in [2.75, 3.05) is 11.1 Å². The highest BCUT2D eigenvalue weighted by molar-refractivity contribution is 6.31. The lowest BCUT2D eigenvalue weighted by Crippen LogP contribution is -1.99. The van der Waals surface area contributed by atoms with Gasteiger partial charge in [0.2, 0.25) is 0 Å². The van der Waals surface area contributed by atoms with Crippen molar-refractivity contribution in [2.24, 2.45) is 0 Å². The Hall–Kier alpha value is -1.81. The molecule has 0 saturated heterocycles. The molecule has 0 saturated carbocycles. The van der Waals surface area contributed by atoms with Crippen molar-refractivity contribution in [1.82, 2.24) is 0 Å². The molecule has 0 atom stereocenters. The molecular formula is C13H11ClF2N2. The first-order valence-corrected chi connectivity index (χ1v) is 5.63. The molecule has 94 valence electrons. The van der Waals surface area contributed by atoms with Crippen molar-refractivity contribution in [3.8, 4) is 0 Å². The monoisotopic (exact) mass is 268 g/mol. The Kier molecular flexibility index (Phi) is 3.39. The van der Waals surface area contributed by atoms with Gasteiger partial charge in [0.15, 0.2) is 0 Å². The molecule has 0 radical (unpaired) electrons. The summed E-state index contributed by atoms with van der Waals surface area (Å²) in [6, 6.07) is 7.01. The number of nitrogens with one attached hydrogen (secondary N) is 1. The summed E-state index contributed by atoms with van der Waals surface area (Å²) in [5.41, 5.74) is 7.34. The summed E-state index contributed by atoms with van der Waals surface area (Å²) in [5, 5.41) is 2.68. The van der Waals surface area contributed by atoms with E-state index < -0.39 is 11.6 Å². The average Bonchev–Trinajstić information content (AvgIpc) is 2.30. The standard InChI is InChI=1S/C13H11ClF2N2/c1-7-2-3-9(15)12(4-7)18-13-6-10(16)8(14)5-11(13)17/h2-6,18H,17H2,1H3. The minimum atomic E-state index is -0.610. The normalized spacial score (nSPS) is 10.4. The molecule has 0 unspecified atom stereocenters. The van der Waals surface area contributed by atoms with Gasteiger partial charge in [-0.2, -0.15) is 0 Å². The fourth-order valence-electron chi connectivity index (χ4n) is 1.55. The highest BCUT2D eigenvalue weighted by Crippen LogP contribution is 2.29. The van der Waals surface area contributed by atoms with Gasteiger partial charge in [-0.25, -0.2) is 8.78 Å². The van der Waals surface area contributed by atoms with Crippen LogP contribution in [-0.4, -0.2) is 0 Å².